The van der Waals surface area contributed by atoms with Gasteiger partial charge in [0.2, 0.25) is 0 Å². The topological polar surface area (TPSA) is 81.2 Å². The van der Waals surface area contributed by atoms with Crippen LogP contribution in [-0.4, -0.2) is 39.5 Å². The second-order valence-corrected chi connectivity index (χ2v) is 9.64. The van der Waals surface area contributed by atoms with Gasteiger partial charge in [-0.15, -0.1) is 23.7 Å². The van der Waals surface area contributed by atoms with E-state index in [9.17, 15) is 9.59 Å². The minimum Gasteiger partial charge on any atom is -0.337 e. The van der Waals surface area contributed by atoms with Gasteiger partial charge in [0.25, 0.3) is 11.5 Å². The van der Waals surface area contributed by atoms with Crippen LogP contribution < -0.4 is 11.3 Å². The van der Waals surface area contributed by atoms with Crippen molar-refractivity contribution in [2.24, 2.45) is 11.1 Å². The number of amides is 1. The number of nitrogens with zero attached hydrogens (tertiary/aromatic N) is 3. The number of aryl methyl sites for hydroxylation is 2. The van der Waals surface area contributed by atoms with Crippen molar-refractivity contribution >= 4 is 39.9 Å². The third-order valence-corrected chi connectivity index (χ3v) is 7.38. The molecular weight excluding hydrogens is 396 g/mol. The third kappa shape index (κ3) is 3.48. The summed E-state index contributed by atoms with van der Waals surface area (Å²) in [5.41, 5.74) is 6.92. The number of thiophene rings is 1. The first-order valence-electron chi connectivity index (χ1n) is 9.87. The molecule has 154 valence electrons. The van der Waals surface area contributed by atoms with Crippen LogP contribution >= 0.6 is 23.7 Å². The summed E-state index contributed by atoms with van der Waals surface area (Å²) in [5.74, 6) is 0.880. The Balaban J connectivity index is 0.00000225. The molecule has 2 N–H and O–H groups in total. The van der Waals surface area contributed by atoms with Gasteiger partial charge in [0.15, 0.2) is 0 Å². The number of hydrogen-bond donors (Lipinski definition) is 1. The molecule has 0 spiro atoms. The van der Waals surface area contributed by atoms with E-state index in [0.717, 1.165) is 50.0 Å². The second kappa shape index (κ2) is 7.76. The van der Waals surface area contributed by atoms with E-state index in [-0.39, 0.29) is 35.3 Å². The van der Waals surface area contributed by atoms with E-state index in [2.05, 4.69) is 13.8 Å². The third-order valence-electron chi connectivity index (χ3n) is 6.21. The Labute approximate surface area is 175 Å². The minimum absolute atomic E-state index is 0. The molecule has 1 atom stereocenters. The zero-order valence-electron chi connectivity index (χ0n) is 16.8. The Morgan fingerprint density at radius 2 is 2.00 bits per heavy atom. The molecule has 0 bridgehead atoms. The van der Waals surface area contributed by atoms with Gasteiger partial charge in [0.05, 0.1) is 10.3 Å². The molecule has 0 saturated carbocycles. The second-order valence-electron chi connectivity index (χ2n) is 8.64. The molecule has 2 aliphatic heterocycles. The van der Waals surface area contributed by atoms with Crippen molar-refractivity contribution < 1.29 is 4.79 Å². The van der Waals surface area contributed by atoms with Crippen molar-refractivity contribution in [3.05, 3.63) is 26.6 Å². The number of likely N-dealkylation sites (tertiary alicyclic amines) is 1. The smallest absolute Gasteiger partial charge is 0.264 e. The van der Waals surface area contributed by atoms with Gasteiger partial charge in [0, 0.05) is 32.1 Å². The highest BCUT2D eigenvalue weighted by Crippen LogP contribution is 2.33. The van der Waals surface area contributed by atoms with E-state index in [1.165, 1.54) is 11.3 Å². The summed E-state index contributed by atoms with van der Waals surface area (Å²) in [7, 11) is 0. The molecule has 2 aromatic rings. The summed E-state index contributed by atoms with van der Waals surface area (Å²) in [6, 6.07) is 0.104. The van der Waals surface area contributed by atoms with Gasteiger partial charge in [0.1, 0.15) is 10.7 Å². The maximum atomic E-state index is 13.2. The average Bonchev–Trinajstić information content (AvgIpc) is 2.79. The minimum atomic E-state index is -0.104. The molecule has 0 aromatic carbocycles. The van der Waals surface area contributed by atoms with E-state index in [1.807, 2.05) is 16.4 Å². The molecule has 0 aliphatic carbocycles. The predicted octanol–water partition coefficient (Wildman–Crippen LogP) is 3.11. The zero-order valence-corrected chi connectivity index (χ0v) is 18.4. The van der Waals surface area contributed by atoms with E-state index < -0.39 is 0 Å². The van der Waals surface area contributed by atoms with Crippen LogP contribution in [0.3, 0.4) is 0 Å². The van der Waals surface area contributed by atoms with Gasteiger partial charge in [-0.1, -0.05) is 20.3 Å². The number of hydrogen-bond acceptors (Lipinski definition) is 5. The van der Waals surface area contributed by atoms with Crippen LogP contribution in [-0.2, 0) is 13.0 Å². The van der Waals surface area contributed by atoms with Crippen LogP contribution in [0.5, 0.6) is 0 Å². The van der Waals surface area contributed by atoms with Gasteiger partial charge in [-0.3, -0.25) is 14.2 Å². The summed E-state index contributed by atoms with van der Waals surface area (Å²) in [6.07, 6.45) is 4.85. The Kier molecular flexibility index (Phi) is 5.90. The molecule has 2 aliphatic rings. The SMILES string of the molecule is Cc1c(C(=O)N2CCC(N)C(C)(C)C2)sc2nc3n(c(=O)c12)CCCCC3.Cl. The zero-order chi connectivity index (χ0) is 19.3. The molecule has 8 heteroatoms. The van der Waals surface area contributed by atoms with Crippen LogP contribution in [0.15, 0.2) is 4.79 Å². The average molecular weight is 425 g/mol. The van der Waals surface area contributed by atoms with Crippen molar-refractivity contribution in [1.29, 1.82) is 0 Å². The highest BCUT2D eigenvalue weighted by Gasteiger charge is 2.36. The lowest BCUT2D eigenvalue weighted by Gasteiger charge is -2.42. The Morgan fingerprint density at radius 3 is 2.71 bits per heavy atom. The van der Waals surface area contributed by atoms with Crippen molar-refractivity contribution in [1.82, 2.24) is 14.5 Å². The Bertz CT molecular complexity index is 965. The number of aromatic nitrogens is 2. The fourth-order valence-corrected chi connectivity index (χ4v) is 5.46. The summed E-state index contributed by atoms with van der Waals surface area (Å²) in [4.78, 5) is 34.4. The first-order valence-corrected chi connectivity index (χ1v) is 10.7. The summed E-state index contributed by atoms with van der Waals surface area (Å²) in [6.45, 7) is 8.15. The molecule has 6 nitrogen and oxygen atoms in total. The van der Waals surface area contributed by atoms with Gasteiger partial charge in [-0.2, -0.15) is 0 Å². The molecule has 4 heterocycles. The van der Waals surface area contributed by atoms with Crippen LogP contribution in [0.2, 0.25) is 0 Å². The van der Waals surface area contributed by atoms with Crippen LogP contribution in [0.25, 0.3) is 10.2 Å². The molecule has 1 unspecified atom stereocenters. The van der Waals surface area contributed by atoms with Crippen LogP contribution in [0.1, 0.15) is 60.6 Å². The lowest BCUT2D eigenvalue weighted by atomic mass is 9.79. The Morgan fingerprint density at radius 1 is 1.25 bits per heavy atom. The van der Waals surface area contributed by atoms with Crippen LogP contribution in [0, 0.1) is 12.3 Å². The molecule has 0 radical (unpaired) electrons. The van der Waals surface area contributed by atoms with Crippen LogP contribution in [0.4, 0.5) is 0 Å². The van der Waals surface area contributed by atoms with E-state index in [1.54, 1.807) is 0 Å². The molecule has 2 aromatic heterocycles. The van der Waals surface area contributed by atoms with E-state index in [4.69, 9.17) is 10.7 Å². The number of piperidine rings is 1. The highest BCUT2D eigenvalue weighted by molar-refractivity contribution is 7.20. The number of nitrogens with two attached hydrogens (primary N) is 1. The first-order chi connectivity index (χ1) is 12.8. The number of carbonyl (C=O) groups is 1. The largest absolute Gasteiger partial charge is 0.337 e. The van der Waals surface area contributed by atoms with Gasteiger partial charge >= 0.3 is 0 Å². The standard InChI is InChI=1S/C20H28N4O2S.ClH/c1-12-15-17(22-14-7-5-4-6-9-24(14)18(15)25)27-16(12)19(26)23-10-8-13(21)20(2,3)11-23;/h13H,4-11,21H2,1-3H3;1H. The quantitative estimate of drug-likeness (QED) is 0.762. The van der Waals surface area contributed by atoms with Gasteiger partial charge in [-0.05, 0) is 37.2 Å². The predicted molar refractivity (Wildman–Crippen MR) is 116 cm³/mol. The summed E-state index contributed by atoms with van der Waals surface area (Å²) >= 11 is 1.37. The van der Waals surface area contributed by atoms with Crippen molar-refractivity contribution in [3.8, 4) is 0 Å². The van der Waals surface area contributed by atoms with E-state index in [0.29, 0.717) is 28.2 Å². The fraction of sp³-hybridized carbons (Fsp3) is 0.650. The molecule has 4 rings (SSSR count). The molecule has 1 amide bonds. The van der Waals surface area contributed by atoms with Gasteiger partial charge < -0.3 is 10.6 Å². The number of rotatable bonds is 1. The monoisotopic (exact) mass is 424 g/mol. The normalized spacial score (nSPS) is 21.7. The Hall–Kier alpha value is -1.44. The highest BCUT2D eigenvalue weighted by atomic mass is 35.5. The first kappa shape index (κ1) is 21.3. The molecular formula is C20H29ClN4O2S. The fourth-order valence-electron chi connectivity index (χ4n) is 4.30. The molecule has 1 saturated heterocycles. The number of fused-ring (bicyclic) bond motifs is 2. The van der Waals surface area contributed by atoms with Crippen molar-refractivity contribution in [3.63, 3.8) is 0 Å². The lowest BCUT2D eigenvalue weighted by Crippen LogP contribution is -2.53. The number of carbonyl (C=O) groups excluding carboxylic acids is 1. The number of halogens is 1. The van der Waals surface area contributed by atoms with Gasteiger partial charge in [-0.25, -0.2) is 4.98 Å². The summed E-state index contributed by atoms with van der Waals surface area (Å²) < 4.78 is 1.83. The molecule has 1 fully saturated rings. The summed E-state index contributed by atoms with van der Waals surface area (Å²) in [5, 5.41) is 0.627. The maximum Gasteiger partial charge on any atom is 0.264 e. The van der Waals surface area contributed by atoms with Crippen molar-refractivity contribution in [2.75, 3.05) is 13.1 Å². The maximum absolute atomic E-state index is 13.2. The van der Waals surface area contributed by atoms with Crippen molar-refractivity contribution in [2.45, 2.75) is 65.5 Å². The molecule has 28 heavy (non-hydrogen) atoms. The van der Waals surface area contributed by atoms with E-state index >= 15 is 0 Å². The lowest BCUT2D eigenvalue weighted by molar-refractivity contribution is 0.0537.